The number of carbonyl (C=O) groups excluding carboxylic acids is 1. The minimum absolute atomic E-state index is 0.0191. The fraction of sp³-hybridized carbons (Fsp3) is 0.211. The van der Waals surface area contributed by atoms with E-state index >= 15 is 0 Å². The van der Waals surface area contributed by atoms with Gasteiger partial charge in [-0.1, -0.05) is 42.5 Å². The van der Waals surface area contributed by atoms with Crippen LogP contribution in [0.4, 0.5) is 5.13 Å². The van der Waals surface area contributed by atoms with E-state index in [9.17, 15) is 4.79 Å². The lowest BCUT2D eigenvalue weighted by Gasteiger charge is -2.18. The summed E-state index contributed by atoms with van der Waals surface area (Å²) in [6.45, 7) is 4.14. The van der Waals surface area contributed by atoms with E-state index in [0.29, 0.717) is 16.9 Å². The average molecular weight is 386 g/mol. The number of hydrogen-bond donors (Lipinski definition) is 2. The first-order valence-electron chi connectivity index (χ1n) is 8.26. The number of fused-ring (bicyclic) bond motifs is 1. The predicted molar refractivity (Wildman–Crippen MR) is 110 cm³/mol. The highest BCUT2D eigenvalue weighted by Gasteiger charge is 2.14. The summed E-state index contributed by atoms with van der Waals surface area (Å²) in [5, 5.41) is 11.3. The third kappa shape index (κ3) is 4.17. The molecule has 134 valence electrons. The van der Waals surface area contributed by atoms with Gasteiger partial charge in [0, 0.05) is 5.38 Å². The predicted octanol–water partition coefficient (Wildman–Crippen LogP) is 4.52. The van der Waals surface area contributed by atoms with Gasteiger partial charge in [0.05, 0.1) is 12.6 Å². The van der Waals surface area contributed by atoms with Crippen molar-refractivity contribution in [3.8, 4) is 0 Å². The second-order valence-electron chi connectivity index (χ2n) is 5.65. The number of thiazole rings is 1. The maximum Gasteiger partial charge on any atom is 0.357 e. The summed E-state index contributed by atoms with van der Waals surface area (Å²) in [6.07, 6.45) is 0. The maximum absolute atomic E-state index is 11.7. The van der Waals surface area contributed by atoms with Crippen molar-refractivity contribution >= 4 is 50.5 Å². The molecule has 0 saturated heterocycles. The van der Waals surface area contributed by atoms with Gasteiger partial charge in [0.2, 0.25) is 0 Å². The summed E-state index contributed by atoms with van der Waals surface area (Å²) in [6, 6.07) is 14.5. The van der Waals surface area contributed by atoms with E-state index in [4.69, 9.17) is 17.0 Å². The Morgan fingerprint density at radius 2 is 2.04 bits per heavy atom. The largest absolute Gasteiger partial charge is 0.461 e. The molecule has 5 nitrogen and oxygen atoms in total. The van der Waals surface area contributed by atoms with Crippen LogP contribution in [0.1, 0.15) is 35.9 Å². The van der Waals surface area contributed by atoms with Gasteiger partial charge in [0.25, 0.3) is 0 Å². The first-order valence-corrected chi connectivity index (χ1v) is 9.55. The van der Waals surface area contributed by atoms with Gasteiger partial charge in [-0.3, -0.25) is 0 Å². The molecule has 0 aliphatic heterocycles. The summed E-state index contributed by atoms with van der Waals surface area (Å²) in [5.41, 5.74) is 1.45. The molecule has 7 heteroatoms. The SMILES string of the molecule is CCOC(=O)c1csc(NC(=S)N[C@@H](C)c2cccc3ccccc23)n1. The van der Waals surface area contributed by atoms with Crippen LogP contribution in [-0.2, 0) is 4.74 Å². The molecule has 0 spiro atoms. The van der Waals surface area contributed by atoms with Crippen LogP contribution < -0.4 is 10.6 Å². The van der Waals surface area contributed by atoms with Crippen molar-refractivity contribution in [3.63, 3.8) is 0 Å². The molecule has 0 aliphatic rings. The Kier molecular flexibility index (Phi) is 5.80. The molecular formula is C19H19N3O2S2. The van der Waals surface area contributed by atoms with Gasteiger partial charge in [-0.2, -0.15) is 0 Å². The van der Waals surface area contributed by atoms with Crippen molar-refractivity contribution < 1.29 is 9.53 Å². The van der Waals surface area contributed by atoms with E-state index in [2.05, 4.69) is 46.8 Å². The van der Waals surface area contributed by atoms with Crippen LogP contribution in [0, 0.1) is 0 Å². The summed E-state index contributed by atoms with van der Waals surface area (Å²) < 4.78 is 4.94. The standard InChI is InChI=1S/C19H19N3O2S2/c1-3-24-17(23)16-11-26-19(21-16)22-18(25)20-12(2)14-10-6-8-13-7-4-5-9-15(13)14/h4-12H,3H2,1-2H3,(H2,20,21,22,25)/t12-/m0/s1. The first kappa shape index (κ1) is 18.3. The second-order valence-corrected chi connectivity index (χ2v) is 6.91. The molecule has 0 bridgehead atoms. The Balaban J connectivity index is 1.67. The smallest absolute Gasteiger partial charge is 0.357 e. The van der Waals surface area contributed by atoms with Gasteiger partial charge in [-0.15, -0.1) is 11.3 Å². The highest BCUT2D eigenvalue weighted by atomic mass is 32.1. The maximum atomic E-state index is 11.7. The second kappa shape index (κ2) is 8.25. The molecule has 3 aromatic rings. The Hall–Kier alpha value is -2.51. The lowest BCUT2D eigenvalue weighted by molar-refractivity contribution is 0.0520. The monoisotopic (exact) mass is 385 g/mol. The molecule has 0 unspecified atom stereocenters. The van der Waals surface area contributed by atoms with Crippen LogP contribution in [0.5, 0.6) is 0 Å². The van der Waals surface area contributed by atoms with Gasteiger partial charge in [-0.25, -0.2) is 9.78 Å². The number of rotatable bonds is 5. The first-order chi connectivity index (χ1) is 12.6. The number of nitrogens with zero attached hydrogens (tertiary/aromatic N) is 1. The Morgan fingerprint density at radius 3 is 2.85 bits per heavy atom. The lowest BCUT2D eigenvalue weighted by atomic mass is 10.00. The molecule has 1 aromatic heterocycles. The minimum Gasteiger partial charge on any atom is -0.461 e. The van der Waals surface area contributed by atoms with E-state index in [1.807, 2.05) is 18.2 Å². The lowest BCUT2D eigenvalue weighted by Crippen LogP contribution is -2.31. The zero-order valence-electron chi connectivity index (χ0n) is 14.5. The third-order valence-electron chi connectivity index (χ3n) is 3.85. The van der Waals surface area contributed by atoms with Gasteiger partial charge in [0.1, 0.15) is 0 Å². The Labute approximate surface area is 161 Å². The van der Waals surface area contributed by atoms with Crippen molar-refractivity contribution in [1.82, 2.24) is 10.3 Å². The minimum atomic E-state index is -0.431. The molecular weight excluding hydrogens is 366 g/mol. The number of esters is 1. The topological polar surface area (TPSA) is 63.2 Å². The number of carbonyl (C=O) groups is 1. The summed E-state index contributed by atoms with van der Waals surface area (Å²) in [7, 11) is 0. The average Bonchev–Trinajstić information content (AvgIpc) is 3.09. The van der Waals surface area contributed by atoms with Crippen molar-refractivity contribution in [3.05, 3.63) is 59.1 Å². The fourth-order valence-electron chi connectivity index (χ4n) is 2.67. The van der Waals surface area contributed by atoms with Gasteiger partial charge in [-0.05, 0) is 42.4 Å². The van der Waals surface area contributed by atoms with Gasteiger partial charge < -0.3 is 15.4 Å². The molecule has 26 heavy (non-hydrogen) atoms. The number of aromatic nitrogens is 1. The number of thiocarbonyl (C=S) groups is 1. The number of nitrogens with one attached hydrogen (secondary N) is 2. The van der Waals surface area contributed by atoms with Crippen molar-refractivity contribution in [2.24, 2.45) is 0 Å². The quantitative estimate of drug-likeness (QED) is 0.497. The van der Waals surface area contributed by atoms with Gasteiger partial charge in [0.15, 0.2) is 15.9 Å². The van der Waals surface area contributed by atoms with Crippen LogP contribution in [0.25, 0.3) is 10.8 Å². The molecule has 1 atom stereocenters. The van der Waals surface area contributed by atoms with Crippen LogP contribution in [0.15, 0.2) is 47.8 Å². The summed E-state index contributed by atoms with van der Waals surface area (Å²) in [5.74, 6) is -0.431. The highest BCUT2D eigenvalue weighted by molar-refractivity contribution is 7.80. The molecule has 3 rings (SSSR count). The van der Waals surface area contributed by atoms with Crippen molar-refractivity contribution in [2.75, 3.05) is 11.9 Å². The third-order valence-corrected chi connectivity index (χ3v) is 4.82. The molecule has 0 amide bonds. The number of ether oxygens (including phenoxy) is 1. The Morgan fingerprint density at radius 1 is 1.27 bits per heavy atom. The number of benzene rings is 2. The normalized spacial score (nSPS) is 11.8. The van der Waals surface area contributed by atoms with E-state index in [1.165, 1.54) is 27.7 Å². The highest BCUT2D eigenvalue weighted by Crippen LogP contribution is 2.24. The van der Waals surface area contributed by atoms with Crippen LogP contribution >= 0.6 is 23.6 Å². The number of hydrogen-bond acceptors (Lipinski definition) is 5. The molecule has 2 aromatic carbocycles. The zero-order valence-corrected chi connectivity index (χ0v) is 16.1. The van der Waals surface area contributed by atoms with E-state index in [1.54, 1.807) is 12.3 Å². The zero-order chi connectivity index (χ0) is 18.5. The fourth-order valence-corrected chi connectivity index (χ4v) is 3.69. The van der Waals surface area contributed by atoms with Gasteiger partial charge >= 0.3 is 5.97 Å². The molecule has 0 radical (unpaired) electrons. The van der Waals surface area contributed by atoms with Crippen LogP contribution in [0.2, 0.25) is 0 Å². The molecule has 0 aliphatic carbocycles. The summed E-state index contributed by atoms with van der Waals surface area (Å²) in [4.78, 5) is 15.9. The van der Waals surface area contributed by atoms with Crippen LogP contribution in [-0.4, -0.2) is 22.7 Å². The number of anilines is 1. The van der Waals surface area contributed by atoms with Crippen molar-refractivity contribution in [1.29, 1.82) is 0 Å². The van der Waals surface area contributed by atoms with Crippen LogP contribution in [0.3, 0.4) is 0 Å². The van der Waals surface area contributed by atoms with E-state index in [-0.39, 0.29) is 11.7 Å². The molecule has 2 N–H and O–H groups in total. The van der Waals surface area contributed by atoms with E-state index in [0.717, 1.165) is 0 Å². The Bertz CT molecular complexity index is 934. The summed E-state index contributed by atoms with van der Waals surface area (Å²) >= 11 is 6.70. The molecule has 1 heterocycles. The molecule has 0 saturated carbocycles. The molecule has 0 fully saturated rings. The van der Waals surface area contributed by atoms with E-state index < -0.39 is 5.97 Å². The van der Waals surface area contributed by atoms with Crippen molar-refractivity contribution in [2.45, 2.75) is 19.9 Å².